The molecule has 3 aromatic rings. The summed E-state index contributed by atoms with van der Waals surface area (Å²) in [5.41, 5.74) is 0.196. The van der Waals surface area contributed by atoms with Gasteiger partial charge in [-0.2, -0.15) is 5.10 Å². The molecule has 0 spiro atoms. The van der Waals surface area contributed by atoms with Crippen molar-refractivity contribution in [2.24, 2.45) is 7.05 Å². The van der Waals surface area contributed by atoms with Crippen molar-refractivity contribution < 1.29 is 32.2 Å². The lowest BCUT2D eigenvalue weighted by molar-refractivity contribution is 0.0915. The molecular formula is C21H22FN3O6S. The van der Waals surface area contributed by atoms with E-state index in [-0.39, 0.29) is 28.1 Å². The minimum Gasteiger partial charge on any atom is -0.488 e. The summed E-state index contributed by atoms with van der Waals surface area (Å²) in [6, 6.07) is 9.48. The molecule has 0 saturated carbocycles. The molecule has 0 aliphatic rings. The number of ether oxygens (including phenoxy) is 3. The molecule has 2 atom stereocenters. The first-order chi connectivity index (χ1) is 15.2. The fourth-order valence-corrected chi connectivity index (χ4v) is 3.19. The third-order valence-corrected chi connectivity index (χ3v) is 4.83. The van der Waals surface area contributed by atoms with Crippen molar-refractivity contribution in [3.63, 3.8) is 0 Å². The van der Waals surface area contributed by atoms with Gasteiger partial charge in [0.05, 0.1) is 11.5 Å². The topological polar surface area (TPSA) is 112 Å². The van der Waals surface area contributed by atoms with Gasteiger partial charge in [-0.05, 0) is 37.3 Å². The van der Waals surface area contributed by atoms with Crippen molar-refractivity contribution in [1.82, 2.24) is 9.78 Å². The molecule has 2 N–H and O–H groups in total. The maximum absolute atomic E-state index is 14.3. The molecule has 9 nitrogen and oxygen atoms in total. The van der Waals surface area contributed by atoms with E-state index in [4.69, 9.17) is 18.8 Å². The predicted molar refractivity (Wildman–Crippen MR) is 115 cm³/mol. The molecule has 0 radical (unpaired) electrons. The lowest BCUT2D eigenvalue weighted by Gasteiger charge is -2.16. The van der Waals surface area contributed by atoms with E-state index in [0.717, 1.165) is 6.07 Å². The van der Waals surface area contributed by atoms with Gasteiger partial charge in [-0.3, -0.25) is 9.48 Å². The molecule has 3 rings (SSSR count). The number of methoxy groups -OCH3 is 1. The Labute approximate surface area is 186 Å². The lowest BCUT2D eigenvalue weighted by Crippen LogP contribution is -2.18. The summed E-state index contributed by atoms with van der Waals surface area (Å²) in [5, 5.41) is 6.77. The molecule has 1 heterocycles. The quantitative estimate of drug-likeness (QED) is 0.466. The minimum atomic E-state index is -2.32. The van der Waals surface area contributed by atoms with Crippen molar-refractivity contribution in [3.8, 4) is 17.2 Å². The Morgan fingerprint density at radius 2 is 2.00 bits per heavy atom. The average Bonchev–Trinajstić information content (AvgIpc) is 3.13. The van der Waals surface area contributed by atoms with Gasteiger partial charge >= 0.3 is 0 Å². The Bertz CT molecular complexity index is 1140. The van der Waals surface area contributed by atoms with Crippen LogP contribution in [0.25, 0.3) is 0 Å². The van der Waals surface area contributed by atoms with E-state index in [9.17, 15) is 13.4 Å². The minimum absolute atomic E-state index is 0.101. The number of aromatic nitrogens is 2. The summed E-state index contributed by atoms with van der Waals surface area (Å²) < 4.78 is 52.6. The zero-order valence-electron chi connectivity index (χ0n) is 17.6. The highest BCUT2D eigenvalue weighted by atomic mass is 32.2. The van der Waals surface area contributed by atoms with Crippen LogP contribution in [0.2, 0.25) is 0 Å². The van der Waals surface area contributed by atoms with Gasteiger partial charge in [-0.25, -0.2) is 8.60 Å². The second kappa shape index (κ2) is 10.4. The zero-order chi connectivity index (χ0) is 23.3. The van der Waals surface area contributed by atoms with Gasteiger partial charge < -0.3 is 24.1 Å². The van der Waals surface area contributed by atoms with Crippen molar-refractivity contribution in [2.75, 3.05) is 19.0 Å². The summed E-state index contributed by atoms with van der Waals surface area (Å²) >= 11 is -2.32. The number of nitrogens with zero attached hydrogens (tertiary/aromatic N) is 2. The number of anilines is 1. The summed E-state index contributed by atoms with van der Waals surface area (Å²) in [4.78, 5) is 12.6. The first-order valence-corrected chi connectivity index (χ1v) is 10.6. The number of carbonyl (C=O) groups is 1. The van der Waals surface area contributed by atoms with Crippen molar-refractivity contribution in [2.45, 2.75) is 17.9 Å². The number of halogens is 1. The van der Waals surface area contributed by atoms with Crippen molar-refractivity contribution >= 4 is 22.8 Å². The summed E-state index contributed by atoms with van der Waals surface area (Å²) in [5.74, 6) is -0.676. The maximum Gasteiger partial charge on any atom is 0.257 e. The van der Waals surface area contributed by atoms with E-state index in [1.807, 2.05) is 0 Å². The molecule has 11 heteroatoms. The number of carbonyl (C=O) groups excluding carboxylic acids is 1. The third kappa shape index (κ3) is 6.13. The van der Waals surface area contributed by atoms with Gasteiger partial charge in [0, 0.05) is 38.1 Å². The van der Waals surface area contributed by atoms with Crippen LogP contribution in [0.4, 0.5) is 10.2 Å². The van der Waals surface area contributed by atoms with Gasteiger partial charge in [-0.1, -0.05) is 0 Å². The van der Waals surface area contributed by atoms with E-state index < -0.39 is 22.8 Å². The van der Waals surface area contributed by atoms with E-state index in [1.54, 1.807) is 30.9 Å². The molecule has 2 aromatic carbocycles. The standard InChI is InChI=1S/C21H22FN3O6S/c1-13(12-29-3)30-15-8-14(21(26)23-20-6-7-25(2)24-20)9-16(10-15)31-19-5-4-17(32(27)28)11-18(19)22/h4-11,13H,12H2,1-3H3,(H,27,28)(H,23,24,26). The monoisotopic (exact) mass is 463 g/mol. The fraction of sp³-hybridized carbons (Fsp3) is 0.238. The molecular weight excluding hydrogens is 441 g/mol. The third-order valence-electron chi connectivity index (χ3n) is 4.17. The van der Waals surface area contributed by atoms with Gasteiger partial charge in [0.1, 0.15) is 17.6 Å². The molecule has 32 heavy (non-hydrogen) atoms. The second-order valence-corrected chi connectivity index (χ2v) is 7.82. The Morgan fingerprint density at radius 1 is 1.25 bits per heavy atom. The van der Waals surface area contributed by atoms with E-state index >= 15 is 0 Å². The van der Waals surface area contributed by atoms with Crippen LogP contribution in [0.5, 0.6) is 17.2 Å². The second-order valence-electron chi connectivity index (χ2n) is 6.85. The van der Waals surface area contributed by atoms with E-state index in [1.165, 1.54) is 37.4 Å². The van der Waals surface area contributed by atoms with E-state index in [0.29, 0.717) is 18.2 Å². The van der Waals surface area contributed by atoms with Gasteiger partial charge in [0.15, 0.2) is 28.5 Å². The van der Waals surface area contributed by atoms with Crippen LogP contribution in [0.1, 0.15) is 17.3 Å². The number of rotatable bonds is 9. The normalized spacial score (nSPS) is 12.8. The zero-order valence-corrected chi connectivity index (χ0v) is 18.4. The van der Waals surface area contributed by atoms with Crippen LogP contribution in [0.15, 0.2) is 53.6 Å². The highest BCUT2D eigenvalue weighted by Crippen LogP contribution is 2.30. The van der Waals surface area contributed by atoms with Crippen molar-refractivity contribution in [3.05, 3.63) is 60.0 Å². The first-order valence-electron chi connectivity index (χ1n) is 9.45. The Hall–Kier alpha value is -3.28. The van der Waals surface area contributed by atoms with Crippen LogP contribution in [0, 0.1) is 5.82 Å². The largest absolute Gasteiger partial charge is 0.488 e. The smallest absolute Gasteiger partial charge is 0.257 e. The molecule has 1 aromatic heterocycles. The first kappa shape index (κ1) is 23.4. The number of hydrogen-bond acceptors (Lipinski definition) is 6. The van der Waals surface area contributed by atoms with Gasteiger partial charge in [0.25, 0.3) is 5.91 Å². The molecule has 0 aliphatic heterocycles. The molecule has 0 fully saturated rings. The molecule has 0 saturated heterocycles. The number of amides is 1. The van der Waals surface area contributed by atoms with Gasteiger partial charge in [-0.15, -0.1) is 0 Å². The highest BCUT2D eigenvalue weighted by molar-refractivity contribution is 7.79. The predicted octanol–water partition coefficient (Wildman–Crippen LogP) is 3.60. The Kier molecular flexibility index (Phi) is 7.57. The average molecular weight is 463 g/mol. The van der Waals surface area contributed by atoms with Crippen LogP contribution in [-0.4, -0.2) is 44.3 Å². The molecule has 1 amide bonds. The van der Waals surface area contributed by atoms with Gasteiger partial charge in [0.2, 0.25) is 0 Å². The van der Waals surface area contributed by atoms with Crippen LogP contribution >= 0.6 is 0 Å². The van der Waals surface area contributed by atoms with Crippen LogP contribution in [0.3, 0.4) is 0 Å². The molecule has 0 aliphatic carbocycles. The number of nitrogens with one attached hydrogen (secondary N) is 1. The van der Waals surface area contributed by atoms with E-state index in [2.05, 4.69) is 10.4 Å². The number of aryl methyl sites for hydroxylation is 1. The van der Waals surface area contributed by atoms with Crippen LogP contribution in [-0.2, 0) is 22.9 Å². The molecule has 170 valence electrons. The fourth-order valence-electron chi connectivity index (χ4n) is 2.80. The Balaban J connectivity index is 1.90. The summed E-state index contributed by atoms with van der Waals surface area (Å²) in [6.45, 7) is 2.10. The highest BCUT2D eigenvalue weighted by Gasteiger charge is 2.16. The summed E-state index contributed by atoms with van der Waals surface area (Å²) in [6.07, 6.45) is 1.36. The lowest BCUT2D eigenvalue weighted by atomic mass is 10.2. The SMILES string of the molecule is COCC(C)Oc1cc(Oc2ccc(S(=O)O)cc2F)cc(C(=O)Nc2ccn(C)n2)c1. The Morgan fingerprint density at radius 3 is 2.62 bits per heavy atom. The number of hydrogen-bond donors (Lipinski definition) is 2. The maximum atomic E-state index is 14.3. The molecule has 0 bridgehead atoms. The number of benzene rings is 2. The summed E-state index contributed by atoms with van der Waals surface area (Å²) in [7, 11) is 3.26. The van der Waals surface area contributed by atoms with Crippen LogP contribution < -0.4 is 14.8 Å². The van der Waals surface area contributed by atoms with Crippen molar-refractivity contribution in [1.29, 1.82) is 0 Å². The molecule has 2 unspecified atom stereocenters.